The van der Waals surface area contributed by atoms with E-state index in [-0.39, 0.29) is 0 Å². The molecule has 2 heterocycles. The van der Waals surface area contributed by atoms with Crippen molar-refractivity contribution in [1.82, 2.24) is 4.40 Å². The SMILES string of the molecule is CCC(C)c1cc(-c2cc3ccc(C)cn3c2C=O)ccc1OC. The number of aldehydes is 1. The Kier molecular flexibility index (Phi) is 4.43. The molecule has 3 rings (SSSR count). The molecular formula is C21H23NO2. The highest BCUT2D eigenvalue weighted by molar-refractivity contribution is 5.90. The van der Waals surface area contributed by atoms with Crippen molar-refractivity contribution in [2.75, 3.05) is 7.11 Å². The molecular weight excluding hydrogens is 298 g/mol. The van der Waals surface area contributed by atoms with E-state index in [0.29, 0.717) is 11.6 Å². The average Bonchev–Trinajstić information content (AvgIpc) is 2.98. The highest BCUT2D eigenvalue weighted by atomic mass is 16.5. The smallest absolute Gasteiger partial charge is 0.167 e. The molecule has 0 amide bonds. The van der Waals surface area contributed by atoms with Gasteiger partial charge in [0.05, 0.1) is 12.8 Å². The first-order valence-corrected chi connectivity index (χ1v) is 8.34. The summed E-state index contributed by atoms with van der Waals surface area (Å²) in [5, 5.41) is 0. The van der Waals surface area contributed by atoms with Crippen molar-refractivity contribution in [3.05, 3.63) is 59.4 Å². The second-order valence-corrected chi connectivity index (χ2v) is 6.33. The van der Waals surface area contributed by atoms with E-state index in [9.17, 15) is 4.79 Å². The average molecular weight is 321 g/mol. The minimum absolute atomic E-state index is 0.402. The van der Waals surface area contributed by atoms with E-state index >= 15 is 0 Å². The van der Waals surface area contributed by atoms with Crippen LogP contribution in [-0.4, -0.2) is 17.8 Å². The van der Waals surface area contributed by atoms with Crippen molar-refractivity contribution in [3.63, 3.8) is 0 Å². The van der Waals surface area contributed by atoms with E-state index in [1.54, 1.807) is 7.11 Å². The molecule has 0 saturated carbocycles. The Morgan fingerprint density at radius 1 is 1.21 bits per heavy atom. The van der Waals surface area contributed by atoms with E-state index in [4.69, 9.17) is 4.74 Å². The van der Waals surface area contributed by atoms with Gasteiger partial charge in [0.1, 0.15) is 5.75 Å². The Morgan fingerprint density at radius 3 is 2.67 bits per heavy atom. The number of pyridine rings is 1. The first-order chi connectivity index (χ1) is 11.6. The fourth-order valence-corrected chi connectivity index (χ4v) is 3.15. The third-order valence-corrected chi connectivity index (χ3v) is 4.75. The Hall–Kier alpha value is -2.55. The summed E-state index contributed by atoms with van der Waals surface area (Å²) in [7, 11) is 1.70. The lowest BCUT2D eigenvalue weighted by molar-refractivity contribution is 0.111. The third kappa shape index (κ3) is 2.71. The van der Waals surface area contributed by atoms with Gasteiger partial charge in [-0.2, -0.15) is 0 Å². The Morgan fingerprint density at radius 2 is 2.00 bits per heavy atom. The lowest BCUT2D eigenvalue weighted by Crippen LogP contribution is -1.98. The fourth-order valence-electron chi connectivity index (χ4n) is 3.15. The number of methoxy groups -OCH3 is 1. The number of rotatable bonds is 5. The fraction of sp³-hybridized carbons (Fsp3) is 0.286. The molecule has 0 fully saturated rings. The first kappa shape index (κ1) is 16.3. The van der Waals surface area contributed by atoms with Gasteiger partial charge in [-0.3, -0.25) is 4.79 Å². The monoisotopic (exact) mass is 321 g/mol. The number of aryl methyl sites for hydroxylation is 1. The van der Waals surface area contributed by atoms with Crippen molar-refractivity contribution in [3.8, 4) is 16.9 Å². The van der Waals surface area contributed by atoms with Crippen molar-refractivity contribution in [1.29, 1.82) is 0 Å². The molecule has 3 heteroatoms. The number of nitrogens with zero attached hydrogens (tertiary/aromatic N) is 1. The lowest BCUT2D eigenvalue weighted by atomic mass is 9.93. The quantitative estimate of drug-likeness (QED) is 0.601. The summed E-state index contributed by atoms with van der Waals surface area (Å²) in [4.78, 5) is 11.7. The van der Waals surface area contributed by atoms with Gasteiger partial charge in [-0.1, -0.05) is 26.0 Å². The highest BCUT2D eigenvalue weighted by Gasteiger charge is 2.16. The Balaban J connectivity index is 2.22. The summed E-state index contributed by atoms with van der Waals surface area (Å²) in [5.41, 5.74) is 6.04. The number of benzene rings is 1. The maximum absolute atomic E-state index is 11.7. The van der Waals surface area contributed by atoms with Crippen molar-refractivity contribution < 1.29 is 9.53 Å². The number of hydrogen-bond donors (Lipinski definition) is 0. The normalized spacial score (nSPS) is 12.3. The van der Waals surface area contributed by atoms with Gasteiger partial charge in [0.2, 0.25) is 0 Å². The van der Waals surface area contributed by atoms with Gasteiger partial charge in [0.15, 0.2) is 6.29 Å². The zero-order valence-electron chi connectivity index (χ0n) is 14.7. The predicted octanol–water partition coefficient (Wildman–Crippen LogP) is 5.25. The van der Waals surface area contributed by atoms with Gasteiger partial charge >= 0.3 is 0 Å². The van der Waals surface area contributed by atoms with E-state index in [0.717, 1.165) is 40.7 Å². The molecule has 0 radical (unpaired) electrons. The Labute approximate surface area is 142 Å². The van der Waals surface area contributed by atoms with Crippen molar-refractivity contribution in [2.24, 2.45) is 0 Å². The summed E-state index contributed by atoms with van der Waals surface area (Å²) in [6, 6.07) is 12.4. The molecule has 0 aliphatic heterocycles. The lowest BCUT2D eigenvalue weighted by Gasteiger charge is -2.15. The largest absolute Gasteiger partial charge is 0.496 e. The van der Waals surface area contributed by atoms with Crippen LogP contribution in [0.2, 0.25) is 0 Å². The van der Waals surface area contributed by atoms with E-state index in [1.165, 1.54) is 5.56 Å². The zero-order chi connectivity index (χ0) is 17.3. The zero-order valence-corrected chi connectivity index (χ0v) is 14.7. The van der Waals surface area contributed by atoms with E-state index < -0.39 is 0 Å². The molecule has 3 aromatic rings. The molecule has 1 atom stereocenters. The van der Waals surface area contributed by atoms with Crippen LogP contribution in [-0.2, 0) is 0 Å². The molecule has 0 saturated heterocycles. The molecule has 0 N–H and O–H groups in total. The van der Waals surface area contributed by atoms with Crippen LogP contribution in [0.4, 0.5) is 0 Å². The van der Waals surface area contributed by atoms with Gasteiger partial charge in [-0.05, 0) is 60.2 Å². The highest BCUT2D eigenvalue weighted by Crippen LogP contribution is 2.35. The van der Waals surface area contributed by atoms with Crippen molar-refractivity contribution in [2.45, 2.75) is 33.1 Å². The molecule has 24 heavy (non-hydrogen) atoms. The molecule has 0 bridgehead atoms. The summed E-state index contributed by atoms with van der Waals surface area (Å²) in [6.45, 7) is 6.40. The summed E-state index contributed by atoms with van der Waals surface area (Å²) >= 11 is 0. The van der Waals surface area contributed by atoms with E-state index in [1.807, 2.05) is 35.7 Å². The van der Waals surface area contributed by atoms with Crippen LogP contribution in [0.3, 0.4) is 0 Å². The maximum atomic E-state index is 11.7. The third-order valence-electron chi connectivity index (χ3n) is 4.75. The minimum Gasteiger partial charge on any atom is -0.496 e. The van der Waals surface area contributed by atoms with Crippen LogP contribution < -0.4 is 4.74 Å². The van der Waals surface area contributed by atoms with Crippen molar-refractivity contribution >= 4 is 11.8 Å². The topological polar surface area (TPSA) is 30.7 Å². The molecule has 0 aliphatic carbocycles. The number of carbonyl (C=O) groups excluding carboxylic acids is 1. The number of aromatic nitrogens is 1. The number of carbonyl (C=O) groups is 1. The number of hydrogen-bond acceptors (Lipinski definition) is 2. The molecule has 124 valence electrons. The first-order valence-electron chi connectivity index (χ1n) is 8.34. The van der Waals surface area contributed by atoms with Crippen LogP contribution >= 0.6 is 0 Å². The minimum atomic E-state index is 0.402. The molecule has 0 spiro atoms. The standard InChI is InChI=1S/C21H23NO2/c1-5-15(3)18-10-16(7-9-21(18)24-4)19-11-17-8-6-14(2)12-22(17)20(19)13-23/h6-13,15H,5H2,1-4H3. The van der Waals surface area contributed by atoms with E-state index in [2.05, 4.69) is 32.0 Å². The Bertz CT molecular complexity index is 892. The van der Waals surface area contributed by atoms with Gasteiger partial charge in [-0.15, -0.1) is 0 Å². The van der Waals surface area contributed by atoms with Crippen LogP contribution in [0.15, 0.2) is 42.6 Å². The summed E-state index contributed by atoms with van der Waals surface area (Å²) in [6.07, 6.45) is 3.98. The molecule has 1 aromatic carbocycles. The van der Waals surface area contributed by atoms with Crippen LogP contribution in [0.25, 0.3) is 16.6 Å². The summed E-state index contributed by atoms with van der Waals surface area (Å²) < 4.78 is 7.48. The summed E-state index contributed by atoms with van der Waals surface area (Å²) in [5.74, 6) is 1.30. The molecule has 2 aromatic heterocycles. The van der Waals surface area contributed by atoms with Crippen LogP contribution in [0, 0.1) is 6.92 Å². The van der Waals surface area contributed by atoms with Gasteiger partial charge in [0.25, 0.3) is 0 Å². The van der Waals surface area contributed by atoms with Crippen LogP contribution in [0.5, 0.6) is 5.75 Å². The predicted molar refractivity (Wildman–Crippen MR) is 98.2 cm³/mol. The van der Waals surface area contributed by atoms with Gasteiger partial charge in [-0.25, -0.2) is 0 Å². The molecule has 0 aliphatic rings. The number of ether oxygens (including phenoxy) is 1. The molecule has 1 unspecified atom stereocenters. The van der Waals surface area contributed by atoms with Gasteiger partial charge < -0.3 is 9.14 Å². The van der Waals surface area contributed by atoms with Gasteiger partial charge in [0, 0.05) is 17.3 Å². The number of fused-ring (bicyclic) bond motifs is 1. The second kappa shape index (κ2) is 6.52. The van der Waals surface area contributed by atoms with Crippen LogP contribution in [0.1, 0.15) is 47.8 Å². The maximum Gasteiger partial charge on any atom is 0.167 e. The molecule has 3 nitrogen and oxygen atoms in total. The second-order valence-electron chi connectivity index (χ2n) is 6.33.